The van der Waals surface area contributed by atoms with Crippen LogP contribution in [0.4, 0.5) is 26.3 Å². The molecule has 0 aliphatic rings. The molecular formula is C31H18F6O10. The van der Waals surface area contributed by atoms with Gasteiger partial charge in [0.15, 0.2) is 0 Å². The highest BCUT2D eigenvalue weighted by atomic mass is 19.4. The third-order valence-corrected chi connectivity index (χ3v) is 6.57. The molecule has 0 heterocycles. The minimum absolute atomic E-state index is 0.0780. The van der Waals surface area contributed by atoms with Crippen LogP contribution in [-0.2, 0) is 0 Å². The van der Waals surface area contributed by atoms with Crippen molar-refractivity contribution >= 4 is 23.9 Å². The van der Waals surface area contributed by atoms with E-state index in [1.165, 1.54) is 12.1 Å². The zero-order valence-corrected chi connectivity index (χ0v) is 23.1. The van der Waals surface area contributed by atoms with Crippen LogP contribution in [0.3, 0.4) is 0 Å². The normalized spacial score (nSPS) is 11.9. The molecule has 10 nitrogen and oxygen atoms in total. The molecule has 4 N–H and O–H groups in total. The summed E-state index contributed by atoms with van der Waals surface area (Å²) in [6.45, 7) is 0. The summed E-state index contributed by atoms with van der Waals surface area (Å²) >= 11 is 0. The summed E-state index contributed by atoms with van der Waals surface area (Å²) < 4.78 is 95.5. The van der Waals surface area contributed by atoms with E-state index in [0.717, 1.165) is 72.8 Å². The lowest BCUT2D eigenvalue weighted by atomic mass is 9.99. The molecule has 4 aromatic rings. The summed E-state index contributed by atoms with van der Waals surface area (Å²) in [5.74, 6) is -13.9. The van der Waals surface area contributed by atoms with Crippen molar-refractivity contribution in [2.24, 2.45) is 0 Å². The molecule has 4 aromatic carbocycles. The van der Waals surface area contributed by atoms with E-state index < -0.39 is 75.8 Å². The first-order valence-electron chi connectivity index (χ1n) is 12.8. The first-order valence-corrected chi connectivity index (χ1v) is 12.8. The number of hydrogen-bond donors (Lipinski definition) is 4. The molecule has 0 spiro atoms. The maximum atomic E-state index is 14.4. The number of hydrogen-bond acceptors (Lipinski definition) is 6. The predicted octanol–water partition coefficient (Wildman–Crippen LogP) is 7.09. The molecule has 244 valence electrons. The number of carboxylic acid groups (broad SMARTS) is 4. The number of carbonyl (C=O) groups is 4. The van der Waals surface area contributed by atoms with Gasteiger partial charge in [0.1, 0.15) is 11.5 Å². The molecule has 0 aromatic heterocycles. The quantitative estimate of drug-likeness (QED) is 0.101. The summed E-state index contributed by atoms with van der Waals surface area (Å²) in [6.07, 6.45) is -12.6. The fourth-order valence-corrected chi connectivity index (χ4v) is 4.40. The molecule has 0 aliphatic heterocycles. The third kappa shape index (κ3) is 6.80. The van der Waals surface area contributed by atoms with Crippen molar-refractivity contribution in [2.75, 3.05) is 0 Å². The molecule has 0 fully saturated rings. The van der Waals surface area contributed by atoms with Gasteiger partial charge in [0.2, 0.25) is 0 Å². The Balaban J connectivity index is 1.78. The van der Waals surface area contributed by atoms with Gasteiger partial charge in [-0.2, -0.15) is 26.3 Å². The fourth-order valence-electron chi connectivity index (χ4n) is 4.40. The van der Waals surface area contributed by atoms with Crippen LogP contribution in [0.2, 0.25) is 0 Å². The van der Waals surface area contributed by atoms with Gasteiger partial charge >= 0.3 is 42.0 Å². The van der Waals surface area contributed by atoms with Crippen LogP contribution in [-0.4, -0.2) is 62.4 Å². The number of carboxylic acids is 4. The lowest BCUT2D eigenvalue weighted by Gasteiger charge is -2.36. The van der Waals surface area contributed by atoms with Gasteiger partial charge in [0, 0.05) is 0 Å². The van der Waals surface area contributed by atoms with Crippen LogP contribution >= 0.6 is 0 Å². The van der Waals surface area contributed by atoms with Crippen LogP contribution in [0.5, 0.6) is 11.5 Å². The summed E-state index contributed by atoms with van der Waals surface area (Å²) in [4.78, 5) is 45.8. The SMILES string of the molecule is O=C(O)c1ccc(-c2cccc(OC(Oc3cccc(-c4ccc(C(=O)O)c(C(=O)O)c4)c3)(C(F)(F)F)C(F)(F)F)c2)cc1C(=O)O. The second-order valence-corrected chi connectivity index (χ2v) is 9.61. The van der Waals surface area contributed by atoms with Gasteiger partial charge in [0.05, 0.1) is 22.3 Å². The second kappa shape index (κ2) is 12.4. The van der Waals surface area contributed by atoms with Gasteiger partial charge in [-0.3, -0.25) is 0 Å². The molecular weight excluding hydrogens is 646 g/mol. The topological polar surface area (TPSA) is 168 Å². The van der Waals surface area contributed by atoms with E-state index in [1.807, 2.05) is 0 Å². The number of ether oxygens (including phenoxy) is 2. The van der Waals surface area contributed by atoms with Crippen molar-refractivity contribution in [3.8, 4) is 33.8 Å². The van der Waals surface area contributed by atoms with Gasteiger partial charge < -0.3 is 29.9 Å². The van der Waals surface area contributed by atoms with Crippen molar-refractivity contribution in [3.05, 3.63) is 107 Å². The van der Waals surface area contributed by atoms with Crippen molar-refractivity contribution in [3.63, 3.8) is 0 Å². The summed E-state index contributed by atoms with van der Waals surface area (Å²) in [5, 5.41) is 37.2. The Kier molecular flexibility index (Phi) is 8.91. The Morgan fingerprint density at radius 3 is 1.06 bits per heavy atom. The van der Waals surface area contributed by atoms with Crippen molar-refractivity contribution in [2.45, 2.75) is 18.1 Å². The highest BCUT2D eigenvalue weighted by Gasteiger charge is 2.77. The van der Waals surface area contributed by atoms with Gasteiger partial charge in [-0.15, -0.1) is 0 Å². The largest absolute Gasteiger partial charge is 0.478 e. The fraction of sp³-hybridized carbons (Fsp3) is 0.0968. The molecule has 16 heteroatoms. The first-order chi connectivity index (χ1) is 21.8. The summed E-state index contributed by atoms with van der Waals surface area (Å²) in [7, 11) is 0. The molecule has 0 radical (unpaired) electrons. The Labute approximate surface area is 258 Å². The minimum Gasteiger partial charge on any atom is -0.478 e. The van der Waals surface area contributed by atoms with E-state index in [2.05, 4.69) is 9.47 Å². The summed E-state index contributed by atoms with van der Waals surface area (Å²) in [6, 6.07) is 13.1. The molecule has 0 saturated heterocycles. The predicted molar refractivity (Wildman–Crippen MR) is 148 cm³/mol. The average Bonchev–Trinajstić information content (AvgIpc) is 2.99. The van der Waals surface area contributed by atoms with Gasteiger partial charge in [-0.1, -0.05) is 36.4 Å². The van der Waals surface area contributed by atoms with Crippen LogP contribution in [0, 0.1) is 0 Å². The van der Waals surface area contributed by atoms with Crippen LogP contribution < -0.4 is 9.47 Å². The second-order valence-electron chi connectivity index (χ2n) is 9.61. The lowest BCUT2D eigenvalue weighted by molar-refractivity contribution is -0.422. The van der Waals surface area contributed by atoms with Crippen LogP contribution in [0.15, 0.2) is 84.9 Å². The highest BCUT2D eigenvalue weighted by molar-refractivity contribution is 6.03. The zero-order valence-electron chi connectivity index (χ0n) is 23.1. The van der Waals surface area contributed by atoms with Gasteiger partial charge in [-0.25, -0.2) is 19.2 Å². The number of benzene rings is 4. The van der Waals surface area contributed by atoms with E-state index in [4.69, 9.17) is 0 Å². The Morgan fingerprint density at radius 1 is 0.447 bits per heavy atom. The average molecular weight is 664 g/mol. The van der Waals surface area contributed by atoms with Crippen LogP contribution in [0.1, 0.15) is 41.4 Å². The minimum atomic E-state index is -6.28. The van der Waals surface area contributed by atoms with Gasteiger partial charge in [-0.05, 0) is 70.8 Å². The molecule has 0 bridgehead atoms. The van der Waals surface area contributed by atoms with Crippen molar-refractivity contribution in [1.29, 1.82) is 0 Å². The molecule has 0 unspecified atom stereocenters. The molecule has 0 aliphatic carbocycles. The number of aromatic carboxylic acids is 4. The number of rotatable bonds is 10. The van der Waals surface area contributed by atoms with Crippen LogP contribution in [0.25, 0.3) is 22.3 Å². The van der Waals surface area contributed by atoms with Crippen molar-refractivity contribution in [1.82, 2.24) is 0 Å². The number of alkyl halides is 6. The van der Waals surface area contributed by atoms with E-state index in [-0.39, 0.29) is 22.3 Å². The molecule has 0 amide bonds. The Bertz CT molecular complexity index is 1760. The highest BCUT2D eigenvalue weighted by Crippen LogP contribution is 2.48. The van der Waals surface area contributed by atoms with Crippen molar-refractivity contribution < 1.29 is 75.4 Å². The molecule has 4 rings (SSSR count). The van der Waals surface area contributed by atoms with E-state index in [1.54, 1.807) is 0 Å². The van der Waals surface area contributed by atoms with E-state index in [0.29, 0.717) is 0 Å². The molecule has 0 saturated carbocycles. The number of halogens is 6. The lowest BCUT2D eigenvalue weighted by Crippen LogP contribution is -2.65. The Hall–Kier alpha value is -6.06. The van der Waals surface area contributed by atoms with E-state index in [9.17, 15) is 65.9 Å². The smallest absolute Gasteiger partial charge is 0.478 e. The summed E-state index contributed by atoms with van der Waals surface area (Å²) in [5.41, 5.74) is -3.06. The molecule has 0 atom stereocenters. The molecule has 47 heavy (non-hydrogen) atoms. The maximum absolute atomic E-state index is 14.4. The monoisotopic (exact) mass is 664 g/mol. The Morgan fingerprint density at radius 2 is 0.766 bits per heavy atom. The third-order valence-electron chi connectivity index (χ3n) is 6.57. The van der Waals surface area contributed by atoms with E-state index >= 15 is 0 Å². The standard InChI is InChI=1S/C31H18F6O10/c32-30(33,34)29(31(35,36)37,46-19-5-1-3-15(11-19)17-7-9-21(25(38)39)23(13-17)27(42)43)47-20-6-2-4-16(12-20)18-8-10-22(26(40)41)24(14-18)28(44)45/h1-14H,(H,38,39)(H,40,41)(H,42,43)(H,44,45). The zero-order chi connectivity index (χ0) is 34.9. The van der Waals surface area contributed by atoms with Gasteiger partial charge in [0.25, 0.3) is 0 Å². The first kappa shape index (κ1) is 33.8. The maximum Gasteiger partial charge on any atom is 0.478 e.